The van der Waals surface area contributed by atoms with Crippen molar-refractivity contribution in [3.8, 4) is 0 Å². The molecule has 1 rings (SSSR count). The van der Waals surface area contributed by atoms with Gasteiger partial charge in [-0.05, 0) is 12.1 Å². The molecule has 1 atom stereocenters. The van der Waals surface area contributed by atoms with E-state index < -0.39 is 21.8 Å². The van der Waals surface area contributed by atoms with Crippen LogP contribution in [0, 0.1) is 0 Å². The standard InChI is InChI=1S/C9H13N3O4S/c1-17(15,16)7-3-2-4-11-9(7)12-5-6(13)8(10)14/h2-4,6,13H,5H2,1H3,(H2,10,14)(H,11,12). The molecule has 4 N–H and O–H groups in total. The number of aliphatic hydroxyl groups is 1. The van der Waals surface area contributed by atoms with Crippen LogP contribution in [0.1, 0.15) is 0 Å². The molecular formula is C9H13N3O4S. The monoisotopic (exact) mass is 259 g/mol. The number of amides is 1. The number of rotatable bonds is 5. The van der Waals surface area contributed by atoms with Gasteiger partial charge in [0.1, 0.15) is 16.8 Å². The van der Waals surface area contributed by atoms with E-state index in [1.807, 2.05) is 0 Å². The molecular weight excluding hydrogens is 246 g/mol. The lowest BCUT2D eigenvalue weighted by Gasteiger charge is -2.11. The molecule has 0 saturated heterocycles. The van der Waals surface area contributed by atoms with E-state index in [9.17, 15) is 13.2 Å². The number of nitrogens with one attached hydrogen (secondary N) is 1. The maximum Gasteiger partial charge on any atom is 0.248 e. The molecule has 17 heavy (non-hydrogen) atoms. The van der Waals surface area contributed by atoms with Gasteiger partial charge in [0.2, 0.25) is 5.91 Å². The predicted molar refractivity (Wildman–Crippen MR) is 61.0 cm³/mol. The Morgan fingerprint density at radius 1 is 1.65 bits per heavy atom. The van der Waals surface area contributed by atoms with Gasteiger partial charge in [0.25, 0.3) is 0 Å². The van der Waals surface area contributed by atoms with Crippen LogP contribution in [0.3, 0.4) is 0 Å². The number of primary amides is 1. The zero-order valence-electron chi connectivity index (χ0n) is 9.12. The van der Waals surface area contributed by atoms with Crippen molar-refractivity contribution in [2.45, 2.75) is 11.0 Å². The zero-order chi connectivity index (χ0) is 13.1. The van der Waals surface area contributed by atoms with Gasteiger partial charge in [0.15, 0.2) is 9.84 Å². The number of nitrogens with two attached hydrogens (primary N) is 1. The molecule has 1 unspecified atom stereocenters. The highest BCUT2D eigenvalue weighted by Crippen LogP contribution is 2.17. The van der Waals surface area contributed by atoms with Crippen LogP contribution >= 0.6 is 0 Å². The number of nitrogens with zero attached hydrogens (tertiary/aromatic N) is 1. The minimum Gasteiger partial charge on any atom is -0.381 e. The summed E-state index contributed by atoms with van der Waals surface area (Å²) >= 11 is 0. The van der Waals surface area contributed by atoms with Gasteiger partial charge in [-0.15, -0.1) is 0 Å². The Bertz CT molecular complexity index is 515. The van der Waals surface area contributed by atoms with Gasteiger partial charge in [-0.1, -0.05) is 0 Å². The fraction of sp³-hybridized carbons (Fsp3) is 0.333. The van der Waals surface area contributed by atoms with Crippen LogP contribution in [0.2, 0.25) is 0 Å². The normalized spacial score (nSPS) is 13.1. The maximum atomic E-state index is 11.4. The lowest BCUT2D eigenvalue weighted by atomic mass is 10.3. The third-order valence-corrected chi connectivity index (χ3v) is 3.09. The summed E-state index contributed by atoms with van der Waals surface area (Å²) in [6.07, 6.45) is 1.04. The molecule has 1 heterocycles. The Morgan fingerprint density at radius 3 is 2.82 bits per heavy atom. The van der Waals surface area contributed by atoms with Crippen LogP contribution in [0.15, 0.2) is 23.2 Å². The van der Waals surface area contributed by atoms with Crippen LogP contribution in [0.5, 0.6) is 0 Å². The number of pyridine rings is 1. The minimum atomic E-state index is -3.42. The summed E-state index contributed by atoms with van der Waals surface area (Å²) in [6, 6.07) is 2.85. The SMILES string of the molecule is CS(=O)(=O)c1cccnc1NCC(O)C(N)=O. The van der Waals surface area contributed by atoms with E-state index in [1.165, 1.54) is 18.3 Å². The second-order valence-corrected chi connectivity index (χ2v) is 5.41. The van der Waals surface area contributed by atoms with E-state index >= 15 is 0 Å². The van der Waals surface area contributed by atoms with E-state index in [0.717, 1.165) is 6.26 Å². The number of sulfone groups is 1. The first-order valence-electron chi connectivity index (χ1n) is 4.68. The molecule has 0 aliphatic rings. The molecule has 1 aromatic rings. The molecule has 0 spiro atoms. The number of hydrogen-bond donors (Lipinski definition) is 3. The van der Waals surface area contributed by atoms with E-state index in [2.05, 4.69) is 10.3 Å². The summed E-state index contributed by atoms with van der Waals surface area (Å²) in [6.45, 7) is -0.200. The number of carbonyl (C=O) groups excluding carboxylic acids is 1. The van der Waals surface area contributed by atoms with Crippen molar-refractivity contribution in [3.05, 3.63) is 18.3 Å². The number of hydrogen-bond acceptors (Lipinski definition) is 6. The quantitative estimate of drug-likeness (QED) is 0.607. The molecule has 0 aromatic carbocycles. The largest absolute Gasteiger partial charge is 0.381 e. The molecule has 0 aliphatic carbocycles. The molecule has 1 aromatic heterocycles. The van der Waals surface area contributed by atoms with E-state index in [-0.39, 0.29) is 17.3 Å². The number of aromatic nitrogens is 1. The van der Waals surface area contributed by atoms with Gasteiger partial charge in [-0.25, -0.2) is 13.4 Å². The first-order chi connectivity index (χ1) is 7.82. The van der Waals surface area contributed by atoms with Gasteiger partial charge in [-0.2, -0.15) is 0 Å². The van der Waals surface area contributed by atoms with Crippen LogP contribution in [0.25, 0.3) is 0 Å². The molecule has 0 fully saturated rings. The fourth-order valence-corrected chi connectivity index (χ4v) is 1.92. The summed E-state index contributed by atoms with van der Waals surface area (Å²) in [4.78, 5) is 14.4. The molecule has 94 valence electrons. The molecule has 7 nitrogen and oxygen atoms in total. The van der Waals surface area contributed by atoms with Crippen molar-refractivity contribution in [1.82, 2.24) is 4.98 Å². The number of carbonyl (C=O) groups is 1. The van der Waals surface area contributed by atoms with E-state index in [1.54, 1.807) is 0 Å². The first kappa shape index (κ1) is 13.4. The van der Waals surface area contributed by atoms with Gasteiger partial charge in [-0.3, -0.25) is 4.79 Å². The van der Waals surface area contributed by atoms with Crippen molar-refractivity contribution in [3.63, 3.8) is 0 Å². The van der Waals surface area contributed by atoms with E-state index in [0.29, 0.717) is 0 Å². The average Bonchev–Trinajstić information content (AvgIpc) is 2.24. The summed E-state index contributed by atoms with van der Waals surface area (Å²) in [7, 11) is -3.42. The highest BCUT2D eigenvalue weighted by Gasteiger charge is 2.16. The van der Waals surface area contributed by atoms with Crippen LogP contribution in [-0.2, 0) is 14.6 Å². The van der Waals surface area contributed by atoms with Gasteiger partial charge < -0.3 is 16.2 Å². The average molecular weight is 259 g/mol. The highest BCUT2D eigenvalue weighted by molar-refractivity contribution is 7.90. The Kier molecular flexibility index (Phi) is 4.02. The molecule has 8 heteroatoms. The van der Waals surface area contributed by atoms with Crippen molar-refractivity contribution in [2.24, 2.45) is 5.73 Å². The number of anilines is 1. The summed E-state index contributed by atoms with van der Waals surface area (Å²) < 4.78 is 22.8. The summed E-state index contributed by atoms with van der Waals surface area (Å²) in [5.74, 6) is -0.815. The molecule has 0 radical (unpaired) electrons. The molecule has 1 amide bonds. The van der Waals surface area contributed by atoms with Crippen LogP contribution in [0.4, 0.5) is 5.82 Å². The van der Waals surface area contributed by atoms with Crippen molar-refractivity contribution in [1.29, 1.82) is 0 Å². The predicted octanol–water partition coefficient (Wildman–Crippen LogP) is -1.26. The Balaban J connectivity index is 2.89. The molecule has 0 saturated carbocycles. The van der Waals surface area contributed by atoms with Crippen LogP contribution in [-0.4, -0.2) is 43.3 Å². The summed E-state index contributed by atoms with van der Waals surface area (Å²) in [5, 5.41) is 11.7. The lowest BCUT2D eigenvalue weighted by molar-refractivity contribution is -0.125. The Morgan fingerprint density at radius 2 is 2.29 bits per heavy atom. The Labute approximate surface area is 98.6 Å². The van der Waals surface area contributed by atoms with Crippen molar-refractivity contribution < 1.29 is 18.3 Å². The van der Waals surface area contributed by atoms with Gasteiger partial charge in [0.05, 0.1) is 6.54 Å². The highest BCUT2D eigenvalue weighted by atomic mass is 32.2. The molecule has 0 bridgehead atoms. The van der Waals surface area contributed by atoms with Gasteiger partial charge >= 0.3 is 0 Å². The fourth-order valence-electron chi connectivity index (χ4n) is 1.12. The van der Waals surface area contributed by atoms with Crippen molar-refractivity contribution in [2.75, 3.05) is 18.1 Å². The van der Waals surface area contributed by atoms with Gasteiger partial charge in [0, 0.05) is 12.5 Å². The van der Waals surface area contributed by atoms with Crippen LogP contribution < -0.4 is 11.1 Å². The smallest absolute Gasteiger partial charge is 0.248 e. The second-order valence-electron chi connectivity index (χ2n) is 3.42. The lowest BCUT2D eigenvalue weighted by Crippen LogP contribution is -2.34. The topological polar surface area (TPSA) is 122 Å². The minimum absolute atomic E-state index is 0.00308. The van der Waals surface area contributed by atoms with E-state index in [4.69, 9.17) is 10.8 Å². The Hall–Kier alpha value is -1.67. The van der Waals surface area contributed by atoms with Crippen molar-refractivity contribution >= 4 is 21.6 Å². The third kappa shape index (κ3) is 3.68. The third-order valence-electron chi connectivity index (χ3n) is 1.96. The molecule has 0 aliphatic heterocycles. The maximum absolute atomic E-state index is 11.4. The number of aliphatic hydroxyl groups excluding tert-OH is 1. The summed E-state index contributed by atoms with van der Waals surface area (Å²) in [5.41, 5.74) is 4.86. The zero-order valence-corrected chi connectivity index (χ0v) is 9.94. The first-order valence-corrected chi connectivity index (χ1v) is 6.58. The second kappa shape index (κ2) is 5.11.